The zero-order valence-corrected chi connectivity index (χ0v) is 13.2. The van der Waals surface area contributed by atoms with E-state index < -0.39 is 10.0 Å². The van der Waals surface area contributed by atoms with E-state index in [0.717, 1.165) is 5.39 Å². The summed E-state index contributed by atoms with van der Waals surface area (Å²) in [6.45, 7) is 6.00. The number of pyridine rings is 1. The number of nitrogens with one attached hydrogen (secondary N) is 1. The largest absolute Gasteiger partial charge is 0.308 e. The highest BCUT2D eigenvalue weighted by Crippen LogP contribution is 2.23. The van der Waals surface area contributed by atoms with Gasteiger partial charge in [-0.25, -0.2) is 19.2 Å². The Hall–Kier alpha value is -1.70. The van der Waals surface area contributed by atoms with Crippen LogP contribution in [0.25, 0.3) is 10.9 Å². The van der Waals surface area contributed by atoms with Gasteiger partial charge in [-0.3, -0.25) is 0 Å². The van der Waals surface area contributed by atoms with E-state index in [1.165, 1.54) is 4.31 Å². The normalized spacial score (nSPS) is 12.3. The number of aromatic nitrogens is 1. The van der Waals surface area contributed by atoms with Gasteiger partial charge in [-0.2, -0.15) is 4.31 Å². The van der Waals surface area contributed by atoms with Crippen LogP contribution in [-0.2, 0) is 10.0 Å². The van der Waals surface area contributed by atoms with E-state index in [-0.39, 0.29) is 10.9 Å². The van der Waals surface area contributed by atoms with Gasteiger partial charge in [0.25, 0.3) is 0 Å². The van der Waals surface area contributed by atoms with Crippen molar-refractivity contribution in [2.45, 2.75) is 31.7 Å². The SMILES string of the molecule is CCN(C(C)C)S(=O)(=O)c1ccc2nc(NN)ccc2c1. The predicted molar refractivity (Wildman–Crippen MR) is 84.3 cm³/mol. The highest BCUT2D eigenvalue weighted by atomic mass is 32.2. The number of rotatable bonds is 5. The van der Waals surface area contributed by atoms with Crippen molar-refractivity contribution in [3.63, 3.8) is 0 Å². The van der Waals surface area contributed by atoms with Gasteiger partial charge in [-0.05, 0) is 44.2 Å². The highest BCUT2D eigenvalue weighted by molar-refractivity contribution is 7.89. The molecule has 0 amide bonds. The lowest BCUT2D eigenvalue weighted by molar-refractivity contribution is 0.369. The van der Waals surface area contributed by atoms with E-state index in [1.807, 2.05) is 20.8 Å². The van der Waals surface area contributed by atoms with E-state index in [2.05, 4.69) is 10.4 Å². The maximum absolute atomic E-state index is 12.6. The van der Waals surface area contributed by atoms with Crippen molar-refractivity contribution in [3.05, 3.63) is 30.3 Å². The van der Waals surface area contributed by atoms with Gasteiger partial charge in [-0.1, -0.05) is 6.92 Å². The van der Waals surface area contributed by atoms with Gasteiger partial charge in [0, 0.05) is 18.0 Å². The summed E-state index contributed by atoms with van der Waals surface area (Å²) in [5, 5.41) is 0.759. The average Bonchev–Trinajstić information content (AvgIpc) is 2.46. The average molecular weight is 308 g/mol. The number of nitrogen functional groups attached to an aromatic ring is 1. The molecule has 1 heterocycles. The molecule has 0 saturated carbocycles. The molecular formula is C14H20N4O2S. The number of sulfonamides is 1. The number of nitrogens with two attached hydrogens (primary N) is 1. The summed E-state index contributed by atoms with van der Waals surface area (Å²) in [4.78, 5) is 4.55. The summed E-state index contributed by atoms with van der Waals surface area (Å²) in [5.41, 5.74) is 3.16. The zero-order valence-electron chi connectivity index (χ0n) is 12.4. The first kappa shape index (κ1) is 15.7. The number of benzene rings is 1. The molecule has 0 fully saturated rings. The van der Waals surface area contributed by atoms with Gasteiger partial charge in [0.15, 0.2) is 0 Å². The molecule has 0 spiro atoms. The molecule has 0 aliphatic carbocycles. The molecule has 0 aliphatic heterocycles. The van der Waals surface area contributed by atoms with Crippen LogP contribution in [0.1, 0.15) is 20.8 Å². The van der Waals surface area contributed by atoms with Crippen molar-refractivity contribution in [2.24, 2.45) is 5.84 Å². The summed E-state index contributed by atoms with van der Waals surface area (Å²) >= 11 is 0. The fraction of sp³-hybridized carbons (Fsp3) is 0.357. The van der Waals surface area contributed by atoms with Crippen LogP contribution in [0.2, 0.25) is 0 Å². The fourth-order valence-electron chi connectivity index (χ4n) is 2.29. The van der Waals surface area contributed by atoms with Crippen molar-refractivity contribution in [3.8, 4) is 0 Å². The van der Waals surface area contributed by atoms with Gasteiger partial charge < -0.3 is 5.43 Å². The van der Waals surface area contributed by atoms with Gasteiger partial charge in [-0.15, -0.1) is 0 Å². The molecule has 0 aliphatic rings. The standard InChI is InChI=1S/C14H20N4O2S/c1-4-18(10(2)3)21(19,20)12-6-7-13-11(9-12)5-8-14(16-13)17-15/h5-10H,4,15H2,1-3H3,(H,16,17). The lowest BCUT2D eigenvalue weighted by Gasteiger charge is -2.24. The molecule has 7 heteroatoms. The van der Waals surface area contributed by atoms with Crippen LogP contribution in [-0.4, -0.2) is 30.3 Å². The Morgan fingerprint density at radius 3 is 2.57 bits per heavy atom. The second-order valence-corrected chi connectivity index (χ2v) is 6.89. The third-order valence-corrected chi connectivity index (χ3v) is 5.45. The maximum atomic E-state index is 12.6. The summed E-state index contributed by atoms with van der Waals surface area (Å²) in [6, 6.07) is 8.33. The Kier molecular flexibility index (Phi) is 4.46. The summed E-state index contributed by atoms with van der Waals surface area (Å²) in [7, 11) is -3.49. The van der Waals surface area contributed by atoms with Crippen LogP contribution in [0.4, 0.5) is 5.82 Å². The molecule has 2 aromatic rings. The molecule has 1 aromatic heterocycles. The van der Waals surface area contributed by atoms with Crippen molar-refractivity contribution >= 4 is 26.7 Å². The topological polar surface area (TPSA) is 88.3 Å². The molecule has 0 unspecified atom stereocenters. The third kappa shape index (κ3) is 2.99. The molecule has 1 aromatic carbocycles. The van der Waals surface area contributed by atoms with Gasteiger partial charge >= 0.3 is 0 Å². The first-order chi connectivity index (χ1) is 9.90. The first-order valence-corrected chi connectivity index (χ1v) is 8.23. The minimum absolute atomic E-state index is 0.0855. The van der Waals surface area contributed by atoms with Crippen LogP contribution >= 0.6 is 0 Å². The van der Waals surface area contributed by atoms with Crippen LogP contribution in [0, 0.1) is 0 Å². The molecule has 0 radical (unpaired) electrons. The van der Waals surface area contributed by atoms with Gasteiger partial charge in [0.1, 0.15) is 5.82 Å². The van der Waals surface area contributed by atoms with Crippen LogP contribution in [0.15, 0.2) is 35.2 Å². The van der Waals surface area contributed by atoms with Gasteiger partial charge in [0.05, 0.1) is 10.4 Å². The minimum Gasteiger partial charge on any atom is -0.308 e. The second-order valence-electron chi connectivity index (χ2n) is 5.00. The Labute approximate surface area is 125 Å². The maximum Gasteiger partial charge on any atom is 0.243 e. The van der Waals surface area contributed by atoms with Crippen LogP contribution in [0.5, 0.6) is 0 Å². The molecule has 2 rings (SSSR count). The van der Waals surface area contributed by atoms with Crippen molar-refractivity contribution in [1.29, 1.82) is 0 Å². The minimum atomic E-state index is -3.49. The monoisotopic (exact) mass is 308 g/mol. The number of fused-ring (bicyclic) bond motifs is 1. The van der Waals surface area contributed by atoms with Crippen molar-refractivity contribution in [2.75, 3.05) is 12.0 Å². The molecule has 0 atom stereocenters. The number of hydrogen-bond acceptors (Lipinski definition) is 5. The Balaban J connectivity index is 2.52. The van der Waals surface area contributed by atoms with E-state index >= 15 is 0 Å². The Morgan fingerprint density at radius 1 is 1.29 bits per heavy atom. The fourth-order valence-corrected chi connectivity index (χ4v) is 3.97. The first-order valence-electron chi connectivity index (χ1n) is 6.79. The van der Waals surface area contributed by atoms with E-state index in [1.54, 1.807) is 30.3 Å². The molecule has 21 heavy (non-hydrogen) atoms. The highest BCUT2D eigenvalue weighted by Gasteiger charge is 2.25. The number of hydrogen-bond donors (Lipinski definition) is 2. The number of hydrazine groups is 1. The lowest BCUT2D eigenvalue weighted by atomic mass is 10.2. The molecule has 6 nitrogen and oxygen atoms in total. The Morgan fingerprint density at radius 2 is 2.00 bits per heavy atom. The summed E-state index contributed by atoms with van der Waals surface area (Å²) < 4.78 is 26.8. The lowest BCUT2D eigenvalue weighted by Crippen LogP contribution is -2.36. The second kappa shape index (κ2) is 5.97. The molecule has 0 saturated heterocycles. The van der Waals surface area contributed by atoms with Crippen molar-refractivity contribution < 1.29 is 8.42 Å². The summed E-state index contributed by atoms with van der Waals surface area (Å²) in [6.07, 6.45) is 0. The summed E-state index contributed by atoms with van der Waals surface area (Å²) in [5.74, 6) is 5.85. The molecule has 114 valence electrons. The molecule has 0 bridgehead atoms. The van der Waals surface area contributed by atoms with E-state index in [9.17, 15) is 8.42 Å². The predicted octanol–water partition coefficient (Wildman–Crippen LogP) is 1.94. The van der Waals surface area contributed by atoms with Gasteiger partial charge in [0.2, 0.25) is 10.0 Å². The van der Waals surface area contributed by atoms with Crippen LogP contribution < -0.4 is 11.3 Å². The smallest absolute Gasteiger partial charge is 0.243 e. The number of nitrogens with zero attached hydrogens (tertiary/aromatic N) is 2. The number of anilines is 1. The van der Waals surface area contributed by atoms with E-state index in [0.29, 0.717) is 17.9 Å². The Bertz CT molecular complexity index is 744. The van der Waals surface area contributed by atoms with Crippen molar-refractivity contribution in [1.82, 2.24) is 9.29 Å². The molecule has 3 N–H and O–H groups in total. The molecular weight excluding hydrogens is 288 g/mol. The van der Waals surface area contributed by atoms with Crippen LogP contribution in [0.3, 0.4) is 0 Å². The zero-order chi connectivity index (χ0) is 15.6. The quantitative estimate of drug-likeness (QED) is 0.651. The third-order valence-electron chi connectivity index (χ3n) is 3.30. The van der Waals surface area contributed by atoms with E-state index in [4.69, 9.17) is 5.84 Å².